The molecule has 8 nitrogen and oxygen atoms in total. The fourth-order valence-electron chi connectivity index (χ4n) is 1.71. The Labute approximate surface area is 159 Å². The van der Waals surface area contributed by atoms with Crippen molar-refractivity contribution >= 4 is 58.7 Å². The number of urea groups is 1. The molecule has 0 saturated heterocycles. The molecule has 0 spiro atoms. The van der Waals surface area contributed by atoms with Crippen molar-refractivity contribution in [2.24, 2.45) is 5.73 Å². The molecule has 138 valence electrons. The summed E-state index contributed by atoms with van der Waals surface area (Å²) < 4.78 is 4.90. The number of primary amides is 1. The molecule has 0 bridgehead atoms. The number of esters is 1. The fraction of sp³-hybridized carbons (Fsp3) is 0.429. The second-order valence-electron chi connectivity index (χ2n) is 4.88. The van der Waals surface area contributed by atoms with Crippen molar-refractivity contribution in [1.82, 2.24) is 10.3 Å². The highest BCUT2D eigenvalue weighted by molar-refractivity contribution is 7.98. The topological polar surface area (TPSA) is 123 Å². The summed E-state index contributed by atoms with van der Waals surface area (Å²) in [5.74, 6) is -0.671. The third-order valence-corrected chi connectivity index (χ3v) is 4.23. The Balaban J connectivity index is 2.60. The number of aryl methyl sites for hydroxylation is 1. The molecule has 1 aromatic heterocycles. The summed E-state index contributed by atoms with van der Waals surface area (Å²) in [5.41, 5.74) is 5.51. The lowest BCUT2D eigenvalue weighted by molar-refractivity contribution is -0.149. The first-order valence-corrected chi connectivity index (χ1v) is 9.23. The van der Waals surface area contributed by atoms with Crippen molar-refractivity contribution in [2.75, 3.05) is 23.9 Å². The predicted octanol–water partition coefficient (Wildman–Crippen LogP) is 1.97. The number of rotatable bonds is 8. The molecule has 0 fully saturated rings. The highest BCUT2D eigenvalue weighted by Crippen LogP contribution is 2.25. The Kier molecular flexibility index (Phi) is 8.81. The number of hydrogen-bond acceptors (Lipinski definition) is 6. The van der Waals surface area contributed by atoms with Crippen LogP contribution < -0.4 is 16.4 Å². The van der Waals surface area contributed by atoms with Crippen LogP contribution >= 0.6 is 35.0 Å². The van der Waals surface area contributed by atoms with Crippen molar-refractivity contribution < 1.29 is 19.1 Å². The van der Waals surface area contributed by atoms with E-state index in [-0.39, 0.29) is 10.8 Å². The van der Waals surface area contributed by atoms with E-state index in [9.17, 15) is 14.4 Å². The van der Waals surface area contributed by atoms with E-state index >= 15 is 0 Å². The number of nitrogens with zero attached hydrogens (tertiary/aromatic N) is 1. The lowest BCUT2D eigenvalue weighted by Crippen LogP contribution is -2.45. The third-order valence-electron chi connectivity index (χ3n) is 2.92. The number of thioether (sulfide) groups is 1. The maximum Gasteiger partial charge on any atom is 0.329 e. The first-order chi connectivity index (χ1) is 11.7. The van der Waals surface area contributed by atoms with Gasteiger partial charge < -0.3 is 21.1 Å². The molecule has 0 aromatic carbocycles. The van der Waals surface area contributed by atoms with Crippen molar-refractivity contribution in [3.8, 4) is 0 Å². The molecule has 0 aliphatic heterocycles. The Bertz CT molecular complexity index is 660. The van der Waals surface area contributed by atoms with Gasteiger partial charge in [-0.1, -0.05) is 23.2 Å². The SMILES string of the molecule is CSCC[C@@H](NC(N)=O)C(=O)OCC(=O)Nc1nc(C)c(Cl)cc1Cl. The van der Waals surface area contributed by atoms with Gasteiger partial charge in [0.1, 0.15) is 6.04 Å². The lowest BCUT2D eigenvalue weighted by Gasteiger charge is -2.16. The van der Waals surface area contributed by atoms with Gasteiger partial charge in [0.25, 0.3) is 5.91 Å². The number of aromatic nitrogens is 1. The number of halogens is 2. The monoisotopic (exact) mass is 408 g/mol. The van der Waals surface area contributed by atoms with Gasteiger partial charge in [0, 0.05) is 0 Å². The summed E-state index contributed by atoms with van der Waals surface area (Å²) in [7, 11) is 0. The average molecular weight is 409 g/mol. The van der Waals surface area contributed by atoms with Crippen molar-refractivity contribution in [2.45, 2.75) is 19.4 Å². The number of amides is 3. The van der Waals surface area contributed by atoms with Gasteiger partial charge in [-0.25, -0.2) is 14.6 Å². The van der Waals surface area contributed by atoms with E-state index in [0.717, 1.165) is 0 Å². The van der Waals surface area contributed by atoms with Gasteiger partial charge in [0.15, 0.2) is 12.4 Å². The number of carbonyl (C=O) groups is 3. The minimum atomic E-state index is -0.919. The van der Waals surface area contributed by atoms with Crippen LogP contribution in [0.15, 0.2) is 6.07 Å². The van der Waals surface area contributed by atoms with Crippen LogP contribution in [0.1, 0.15) is 12.1 Å². The third kappa shape index (κ3) is 7.37. The number of nitrogens with two attached hydrogens (primary N) is 1. The molecule has 0 saturated carbocycles. The standard InChI is InChI=1S/C14H18Cl2N4O4S/c1-7-8(15)5-9(16)12(18-7)20-11(21)6-24-13(22)10(3-4-25-2)19-14(17)23/h5,10H,3-4,6H2,1-2H3,(H3,17,19,23)(H,18,20,21)/t10-/m1/s1. The Morgan fingerprint density at radius 3 is 2.64 bits per heavy atom. The normalized spacial score (nSPS) is 11.5. The average Bonchev–Trinajstić information content (AvgIpc) is 2.53. The molecule has 1 aromatic rings. The molecule has 0 aliphatic carbocycles. The first-order valence-electron chi connectivity index (χ1n) is 7.08. The zero-order valence-corrected chi connectivity index (χ0v) is 15.9. The molecular formula is C14H18Cl2N4O4S. The molecular weight excluding hydrogens is 391 g/mol. The van der Waals surface area contributed by atoms with Crippen LogP contribution in [0.2, 0.25) is 10.0 Å². The van der Waals surface area contributed by atoms with E-state index in [4.69, 9.17) is 33.7 Å². The van der Waals surface area contributed by atoms with Crippen molar-refractivity contribution in [1.29, 1.82) is 0 Å². The van der Waals surface area contributed by atoms with Gasteiger partial charge in [-0.05, 0) is 31.4 Å². The smallest absolute Gasteiger partial charge is 0.329 e. The quantitative estimate of drug-likeness (QED) is 0.564. The molecule has 1 heterocycles. The summed E-state index contributed by atoms with van der Waals surface area (Å²) >= 11 is 13.3. The maximum atomic E-state index is 12.0. The van der Waals surface area contributed by atoms with E-state index in [1.165, 1.54) is 17.8 Å². The van der Waals surface area contributed by atoms with Gasteiger partial charge in [-0.3, -0.25) is 4.79 Å². The second kappa shape index (κ2) is 10.3. The molecule has 3 amide bonds. The van der Waals surface area contributed by atoms with Crippen LogP contribution in [0.3, 0.4) is 0 Å². The number of carbonyl (C=O) groups excluding carboxylic acids is 3. The van der Waals surface area contributed by atoms with Crippen LogP contribution in [0.5, 0.6) is 0 Å². The summed E-state index contributed by atoms with van der Waals surface area (Å²) in [4.78, 5) is 38.8. The Hall–Kier alpha value is -1.71. The lowest BCUT2D eigenvalue weighted by atomic mass is 10.2. The van der Waals surface area contributed by atoms with E-state index in [2.05, 4.69) is 15.6 Å². The van der Waals surface area contributed by atoms with Crippen LogP contribution in [-0.4, -0.2) is 47.5 Å². The Morgan fingerprint density at radius 2 is 2.04 bits per heavy atom. The zero-order valence-electron chi connectivity index (χ0n) is 13.6. The second-order valence-corrected chi connectivity index (χ2v) is 6.68. The minimum absolute atomic E-state index is 0.110. The summed E-state index contributed by atoms with van der Waals surface area (Å²) in [6.45, 7) is 1.09. The number of anilines is 1. The highest BCUT2D eigenvalue weighted by atomic mass is 35.5. The van der Waals surface area contributed by atoms with Crippen molar-refractivity contribution in [3.63, 3.8) is 0 Å². The molecule has 1 atom stereocenters. The Morgan fingerprint density at radius 1 is 1.36 bits per heavy atom. The van der Waals surface area contributed by atoms with Crippen LogP contribution in [0.25, 0.3) is 0 Å². The fourth-order valence-corrected chi connectivity index (χ4v) is 2.59. The number of hydrogen-bond donors (Lipinski definition) is 3. The molecule has 1 rings (SSSR count). The zero-order chi connectivity index (χ0) is 19.0. The van der Waals surface area contributed by atoms with Crippen LogP contribution in [0, 0.1) is 6.92 Å². The van der Waals surface area contributed by atoms with Crippen molar-refractivity contribution in [3.05, 3.63) is 21.8 Å². The largest absolute Gasteiger partial charge is 0.454 e. The van der Waals surface area contributed by atoms with Gasteiger partial charge in [0.2, 0.25) is 0 Å². The summed E-state index contributed by atoms with van der Waals surface area (Å²) in [6.07, 6.45) is 2.18. The molecule has 0 radical (unpaired) electrons. The minimum Gasteiger partial charge on any atom is -0.454 e. The van der Waals surface area contributed by atoms with E-state index < -0.39 is 30.6 Å². The number of pyridine rings is 1. The van der Waals surface area contributed by atoms with Crippen LogP contribution in [-0.2, 0) is 14.3 Å². The van der Waals surface area contributed by atoms with Crippen LogP contribution in [0.4, 0.5) is 10.6 Å². The molecule has 11 heteroatoms. The van der Waals surface area contributed by atoms with Gasteiger partial charge in [-0.15, -0.1) is 0 Å². The number of ether oxygens (including phenoxy) is 1. The molecule has 25 heavy (non-hydrogen) atoms. The van der Waals surface area contributed by atoms with E-state index in [1.54, 1.807) is 6.92 Å². The molecule has 0 aliphatic rings. The summed E-state index contributed by atoms with van der Waals surface area (Å²) in [6, 6.07) is -0.320. The predicted molar refractivity (Wildman–Crippen MR) is 98.1 cm³/mol. The molecule has 0 unspecified atom stereocenters. The highest BCUT2D eigenvalue weighted by Gasteiger charge is 2.22. The van der Waals surface area contributed by atoms with Gasteiger partial charge in [0.05, 0.1) is 15.7 Å². The number of nitrogens with one attached hydrogen (secondary N) is 2. The molecule has 4 N–H and O–H groups in total. The van der Waals surface area contributed by atoms with E-state index in [0.29, 0.717) is 22.9 Å². The first kappa shape index (κ1) is 21.3. The van der Waals surface area contributed by atoms with Gasteiger partial charge >= 0.3 is 12.0 Å². The summed E-state index contributed by atoms with van der Waals surface area (Å²) in [5, 5.41) is 5.22. The maximum absolute atomic E-state index is 12.0. The van der Waals surface area contributed by atoms with Gasteiger partial charge in [-0.2, -0.15) is 11.8 Å². The van der Waals surface area contributed by atoms with E-state index in [1.807, 2.05) is 6.26 Å².